The first-order chi connectivity index (χ1) is 6.72. The minimum atomic E-state index is -0.109. The van der Waals surface area contributed by atoms with Crippen LogP contribution in [0.4, 0.5) is 0 Å². The highest BCUT2D eigenvalue weighted by molar-refractivity contribution is 9.13. The Morgan fingerprint density at radius 3 is 2.86 bits per heavy atom. The molecule has 1 aliphatic heterocycles. The van der Waals surface area contributed by atoms with Gasteiger partial charge in [0.1, 0.15) is 11.9 Å². The van der Waals surface area contributed by atoms with Crippen LogP contribution in [0.25, 0.3) is 0 Å². The zero-order valence-electron chi connectivity index (χ0n) is 7.37. The molecule has 0 bridgehead atoms. The van der Waals surface area contributed by atoms with Crippen LogP contribution in [0.3, 0.4) is 0 Å². The van der Waals surface area contributed by atoms with Crippen LogP contribution >= 0.6 is 31.9 Å². The molecule has 0 saturated carbocycles. The van der Waals surface area contributed by atoms with Crippen molar-refractivity contribution in [3.63, 3.8) is 0 Å². The lowest BCUT2D eigenvalue weighted by atomic mass is 10.0. The molecule has 2 atom stereocenters. The molecule has 0 aliphatic carbocycles. The molecule has 1 N–H and O–H groups in total. The fraction of sp³-hybridized carbons (Fsp3) is 0.556. The summed E-state index contributed by atoms with van der Waals surface area (Å²) in [6.45, 7) is 0.826. The largest absolute Gasteiger partial charge is 0.450 e. The van der Waals surface area contributed by atoms with Gasteiger partial charge in [0.05, 0.1) is 4.47 Å². The summed E-state index contributed by atoms with van der Waals surface area (Å²) in [5.74, 6) is 0.917. The summed E-state index contributed by atoms with van der Waals surface area (Å²) >= 11 is 6.62. The smallest absolute Gasteiger partial charge is 0.183 e. The van der Waals surface area contributed by atoms with E-state index >= 15 is 0 Å². The maximum absolute atomic E-state index is 9.13. The van der Waals surface area contributed by atoms with Gasteiger partial charge in [0.25, 0.3) is 0 Å². The van der Waals surface area contributed by atoms with Crippen molar-refractivity contribution in [1.29, 1.82) is 0 Å². The third-order valence-corrected chi connectivity index (χ3v) is 4.10. The molecule has 1 aromatic rings. The Bertz CT molecular complexity index is 304. The number of ether oxygens (including phenoxy) is 1. The summed E-state index contributed by atoms with van der Waals surface area (Å²) in [7, 11) is 0. The monoisotopic (exact) mass is 324 g/mol. The Morgan fingerprint density at radius 2 is 2.29 bits per heavy atom. The molecule has 14 heavy (non-hydrogen) atoms. The first kappa shape index (κ1) is 10.7. The minimum absolute atomic E-state index is 0.109. The van der Waals surface area contributed by atoms with Crippen LogP contribution in [0.2, 0.25) is 0 Å². The minimum Gasteiger partial charge on any atom is -0.450 e. The maximum Gasteiger partial charge on any atom is 0.183 e. The standard InChI is InChI=1S/C9H10Br2O3/c10-6-3-7(14-9(6)11)8-5(4-12)1-2-13-8/h3,5,8,12H,1-2,4H2. The lowest BCUT2D eigenvalue weighted by Crippen LogP contribution is -2.10. The molecule has 2 unspecified atom stereocenters. The number of aliphatic hydroxyl groups is 1. The van der Waals surface area contributed by atoms with E-state index < -0.39 is 0 Å². The first-order valence-corrected chi connectivity index (χ1v) is 5.98. The second kappa shape index (κ2) is 4.35. The van der Waals surface area contributed by atoms with E-state index in [1.54, 1.807) is 0 Å². The van der Waals surface area contributed by atoms with Gasteiger partial charge in [-0.3, -0.25) is 0 Å². The van der Waals surface area contributed by atoms with E-state index in [-0.39, 0.29) is 18.6 Å². The van der Waals surface area contributed by atoms with Crippen molar-refractivity contribution >= 4 is 31.9 Å². The summed E-state index contributed by atoms with van der Waals surface area (Å²) in [4.78, 5) is 0. The number of hydrogen-bond donors (Lipinski definition) is 1. The fourth-order valence-electron chi connectivity index (χ4n) is 1.64. The summed E-state index contributed by atoms with van der Waals surface area (Å²) < 4.78 is 12.5. The topological polar surface area (TPSA) is 42.6 Å². The molecule has 3 nitrogen and oxygen atoms in total. The van der Waals surface area contributed by atoms with Gasteiger partial charge in [-0.2, -0.15) is 0 Å². The maximum atomic E-state index is 9.13. The van der Waals surface area contributed by atoms with E-state index in [2.05, 4.69) is 31.9 Å². The molecule has 78 valence electrons. The molecule has 0 radical (unpaired) electrons. The third-order valence-electron chi connectivity index (χ3n) is 2.39. The fourth-order valence-corrected chi connectivity index (χ4v) is 2.25. The first-order valence-electron chi connectivity index (χ1n) is 4.39. The summed E-state index contributed by atoms with van der Waals surface area (Å²) in [6.07, 6.45) is 0.777. The number of halogens is 2. The number of aliphatic hydroxyl groups excluding tert-OH is 1. The SMILES string of the molecule is OCC1CCOC1c1cc(Br)c(Br)o1. The van der Waals surface area contributed by atoms with Crippen molar-refractivity contribution < 1.29 is 14.3 Å². The van der Waals surface area contributed by atoms with Gasteiger partial charge in [-0.25, -0.2) is 0 Å². The highest BCUT2D eigenvalue weighted by Crippen LogP contribution is 2.38. The molecule has 0 spiro atoms. The summed E-state index contributed by atoms with van der Waals surface area (Å²) in [5.41, 5.74) is 0. The van der Waals surface area contributed by atoms with E-state index in [1.165, 1.54) is 0 Å². The molecular weight excluding hydrogens is 316 g/mol. The Hall–Kier alpha value is 0.160. The highest BCUT2D eigenvalue weighted by atomic mass is 79.9. The predicted molar refractivity (Wildman–Crippen MR) is 58.0 cm³/mol. The van der Waals surface area contributed by atoms with E-state index in [4.69, 9.17) is 14.3 Å². The second-order valence-corrected chi connectivity index (χ2v) is 4.87. The van der Waals surface area contributed by atoms with Crippen LogP contribution in [0.5, 0.6) is 0 Å². The van der Waals surface area contributed by atoms with Gasteiger partial charge < -0.3 is 14.3 Å². The zero-order chi connectivity index (χ0) is 10.1. The normalized spacial score (nSPS) is 27.1. The number of furan rings is 1. The lowest BCUT2D eigenvalue weighted by molar-refractivity contribution is 0.0547. The van der Waals surface area contributed by atoms with Crippen molar-refractivity contribution in [2.45, 2.75) is 12.5 Å². The lowest BCUT2D eigenvalue weighted by Gasteiger charge is -2.12. The highest BCUT2D eigenvalue weighted by Gasteiger charge is 2.32. The van der Waals surface area contributed by atoms with Gasteiger partial charge in [0.2, 0.25) is 0 Å². The Balaban J connectivity index is 2.21. The van der Waals surface area contributed by atoms with Gasteiger partial charge in [-0.15, -0.1) is 0 Å². The van der Waals surface area contributed by atoms with Crippen LogP contribution in [0.15, 0.2) is 19.6 Å². The summed E-state index contributed by atoms with van der Waals surface area (Å²) in [6, 6.07) is 1.88. The Morgan fingerprint density at radius 1 is 1.50 bits per heavy atom. The van der Waals surface area contributed by atoms with E-state index in [1.807, 2.05) is 6.07 Å². The van der Waals surface area contributed by atoms with Crippen molar-refractivity contribution in [3.8, 4) is 0 Å². The van der Waals surface area contributed by atoms with E-state index in [0.29, 0.717) is 11.3 Å². The van der Waals surface area contributed by atoms with Crippen LogP contribution in [-0.2, 0) is 4.74 Å². The predicted octanol–water partition coefficient (Wildman–Crippen LogP) is 2.87. The summed E-state index contributed by atoms with van der Waals surface area (Å²) in [5, 5.41) is 9.13. The van der Waals surface area contributed by atoms with E-state index in [0.717, 1.165) is 16.7 Å². The van der Waals surface area contributed by atoms with Gasteiger partial charge in [-0.1, -0.05) is 0 Å². The molecule has 1 fully saturated rings. The van der Waals surface area contributed by atoms with Crippen LogP contribution in [0.1, 0.15) is 18.3 Å². The molecule has 0 amide bonds. The molecule has 1 aliphatic rings. The van der Waals surface area contributed by atoms with Crippen molar-refractivity contribution in [2.24, 2.45) is 5.92 Å². The molecule has 0 aromatic carbocycles. The third kappa shape index (κ3) is 1.91. The van der Waals surface area contributed by atoms with Gasteiger partial charge >= 0.3 is 0 Å². The molecule has 1 saturated heterocycles. The Kier molecular flexibility index (Phi) is 3.31. The average molecular weight is 326 g/mol. The average Bonchev–Trinajstić information content (AvgIpc) is 2.73. The molecule has 2 rings (SSSR count). The van der Waals surface area contributed by atoms with Crippen LogP contribution in [0, 0.1) is 5.92 Å². The van der Waals surface area contributed by atoms with Gasteiger partial charge in [-0.05, 0) is 44.3 Å². The van der Waals surface area contributed by atoms with Gasteiger partial charge in [0.15, 0.2) is 4.67 Å². The number of rotatable bonds is 2. The second-order valence-electron chi connectivity index (χ2n) is 3.29. The van der Waals surface area contributed by atoms with Crippen LogP contribution < -0.4 is 0 Å². The Labute approximate surface area is 98.7 Å². The molecular formula is C9H10Br2O3. The number of hydrogen-bond acceptors (Lipinski definition) is 3. The zero-order valence-corrected chi connectivity index (χ0v) is 10.5. The molecule has 1 aromatic heterocycles. The van der Waals surface area contributed by atoms with E-state index in [9.17, 15) is 0 Å². The molecule has 2 heterocycles. The van der Waals surface area contributed by atoms with Crippen molar-refractivity contribution in [2.75, 3.05) is 13.2 Å². The van der Waals surface area contributed by atoms with Crippen LogP contribution in [-0.4, -0.2) is 18.3 Å². The van der Waals surface area contributed by atoms with Gasteiger partial charge in [0, 0.05) is 19.1 Å². The molecule has 5 heteroatoms. The quantitative estimate of drug-likeness (QED) is 0.909. The van der Waals surface area contributed by atoms with Crippen molar-refractivity contribution in [3.05, 3.63) is 21.0 Å². The van der Waals surface area contributed by atoms with Crippen molar-refractivity contribution in [1.82, 2.24) is 0 Å².